The lowest BCUT2D eigenvalue weighted by Gasteiger charge is -2.19. The molecule has 3 rings (SSSR count). The number of hydrogen-bond donors (Lipinski definition) is 1. The van der Waals surface area contributed by atoms with Crippen molar-refractivity contribution in [2.45, 2.75) is 32.5 Å². The van der Waals surface area contributed by atoms with E-state index in [1.165, 1.54) is 18.4 Å². The standard InChI is InChI=1S/C16H14ClF3N4O2/c1-15(2,3)22-14(25)12-11(17)13-21-8(9-5-4-6-26-9)7-10(16(18,19)20)24(13)23-12/h4-7H,1-3H3,(H,22,25). The van der Waals surface area contributed by atoms with E-state index in [-0.39, 0.29) is 27.8 Å². The van der Waals surface area contributed by atoms with Gasteiger partial charge in [-0.2, -0.15) is 18.3 Å². The number of amides is 1. The largest absolute Gasteiger partial charge is 0.463 e. The molecule has 0 radical (unpaired) electrons. The summed E-state index contributed by atoms with van der Waals surface area (Å²) in [6.07, 6.45) is -3.43. The number of rotatable bonds is 2. The smallest absolute Gasteiger partial charge is 0.433 e. The van der Waals surface area contributed by atoms with Gasteiger partial charge in [0.15, 0.2) is 22.8 Å². The summed E-state index contributed by atoms with van der Waals surface area (Å²) < 4.78 is 46.1. The number of nitrogens with one attached hydrogen (secondary N) is 1. The van der Waals surface area contributed by atoms with Crippen LogP contribution in [-0.2, 0) is 6.18 Å². The Hall–Kier alpha value is -2.55. The number of furan rings is 1. The van der Waals surface area contributed by atoms with Gasteiger partial charge in [0.1, 0.15) is 10.7 Å². The van der Waals surface area contributed by atoms with E-state index in [4.69, 9.17) is 16.0 Å². The molecule has 0 aromatic carbocycles. The molecule has 0 saturated heterocycles. The van der Waals surface area contributed by atoms with E-state index < -0.39 is 23.3 Å². The van der Waals surface area contributed by atoms with Crippen LogP contribution >= 0.6 is 11.6 Å². The number of alkyl halides is 3. The number of carbonyl (C=O) groups excluding carboxylic acids is 1. The third kappa shape index (κ3) is 3.39. The van der Waals surface area contributed by atoms with Crippen LogP contribution in [0.5, 0.6) is 0 Å². The van der Waals surface area contributed by atoms with Crippen LogP contribution in [0, 0.1) is 0 Å². The summed E-state index contributed by atoms with van der Waals surface area (Å²) in [5.74, 6) is -0.559. The summed E-state index contributed by atoms with van der Waals surface area (Å²) >= 11 is 6.13. The maximum Gasteiger partial charge on any atom is 0.433 e. The van der Waals surface area contributed by atoms with Crippen LogP contribution in [0.2, 0.25) is 5.02 Å². The Balaban J connectivity index is 2.24. The average Bonchev–Trinajstić information content (AvgIpc) is 3.12. The monoisotopic (exact) mass is 386 g/mol. The van der Waals surface area contributed by atoms with E-state index >= 15 is 0 Å². The predicted octanol–water partition coefficient (Wildman–Crippen LogP) is 4.19. The van der Waals surface area contributed by atoms with Crippen molar-refractivity contribution >= 4 is 23.2 Å². The minimum absolute atomic E-state index is 0.0700. The first-order chi connectivity index (χ1) is 12.0. The highest BCUT2D eigenvalue weighted by Crippen LogP contribution is 2.34. The zero-order valence-electron chi connectivity index (χ0n) is 14.0. The number of fused-ring (bicyclic) bond motifs is 1. The van der Waals surface area contributed by atoms with Gasteiger partial charge < -0.3 is 9.73 Å². The Bertz CT molecular complexity index is 972. The van der Waals surface area contributed by atoms with Gasteiger partial charge in [-0.15, -0.1) is 0 Å². The highest BCUT2D eigenvalue weighted by atomic mass is 35.5. The zero-order chi connectivity index (χ0) is 19.3. The van der Waals surface area contributed by atoms with E-state index in [1.807, 2.05) is 0 Å². The minimum Gasteiger partial charge on any atom is -0.463 e. The molecule has 3 heterocycles. The van der Waals surface area contributed by atoms with Crippen LogP contribution in [0.15, 0.2) is 28.9 Å². The number of aromatic nitrogens is 3. The molecule has 0 bridgehead atoms. The second kappa shape index (κ2) is 6.01. The first kappa shape index (κ1) is 18.2. The molecular weight excluding hydrogens is 373 g/mol. The van der Waals surface area contributed by atoms with Crippen molar-refractivity contribution in [3.8, 4) is 11.5 Å². The molecule has 10 heteroatoms. The van der Waals surface area contributed by atoms with Crippen LogP contribution in [0.4, 0.5) is 13.2 Å². The second-order valence-electron chi connectivity index (χ2n) is 6.60. The van der Waals surface area contributed by atoms with Crippen molar-refractivity contribution in [1.29, 1.82) is 0 Å². The maximum atomic E-state index is 13.5. The third-order valence-corrected chi connectivity index (χ3v) is 3.65. The highest BCUT2D eigenvalue weighted by molar-refractivity contribution is 6.36. The molecule has 3 aromatic rings. The minimum atomic E-state index is -4.74. The van der Waals surface area contributed by atoms with E-state index in [1.54, 1.807) is 20.8 Å². The average molecular weight is 387 g/mol. The van der Waals surface area contributed by atoms with Gasteiger partial charge in [-0.3, -0.25) is 4.79 Å². The molecule has 6 nitrogen and oxygen atoms in total. The molecule has 0 aliphatic carbocycles. The van der Waals surface area contributed by atoms with Gasteiger partial charge in [-0.25, -0.2) is 9.50 Å². The van der Waals surface area contributed by atoms with Gasteiger partial charge >= 0.3 is 6.18 Å². The maximum absolute atomic E-state index is 13.5. The Morgan fingerprint density at radius 2 is 2.00 bits per heavy atom. The Morgan fingerprint density at radius 3 is 2.54 bits per heavy atom. The van der Waals surface area contributed by atoms with E-state index in [0.29, 0.717) is 4.52 Å². The molecule has 0 atom stereocenters. The van der Waals surface area contributed by atoms with E-state index in [9.17, 15) is 18.0 Å². The number of hydrogen-bond acceptors (Lipinski definition) is 4. The molecule has 138 valence electrons. The summed E-state index contributed by atoms with van der Waals surface area (Å²) in [4.78, 5) is 16.4. The molecule has 26 heavy (non-hydrogen) atoms. The van der Waals surface area contributed by atoms with Gasteiger partial charge in [0.2, 0.25) is 0 Å². The quantitative estimate of drug-likeness (QED) is 0.716. The van der Waals surface area contributed by atoms with Crippen molar-refractivity contribution < 1.29 is 22.4 Å². The Morgan fingerprint density at radius 1 is 1.31 bits per heavy atom. The van der Waals surface area contributed by atoms with Crippen molar-refractivity contribution in [1.82, 2.24) is 19.9 Å². The lowest BCUT2D eigenvalue weighted by Crippen LogP contribution is -2.40. The summed E-state index contributed by atoms with van der Waals surface area (Å²) in [5.41, 5.74) is -2.43. The van der Waals surface area contributed by atoms with Crippen molar-refractivity contribution in [3.05, 3.63) is 40.9 Å². The summed E-state index contributed by atoms with van der Waals surface area (Å²) in [7, 11) is 0. The van der Waals surface area contributed by atoms with Crippen molar-refractivity contribution in [2.75, 3.05) is 0 Å². The lowest BCUT2D eigenvalue weighted by atomic mass is 10.1. The SMILES string of the molecule is CC(C)(C)NC(=O)c1nn2c(C(F)(F)F)cc(-c3ccco3)nc2c1Cl. The fourth-order valence-electron chi connectivity index (χ4n) is 2.29. The molecule has 0 saturated carbocycles. The molecule has 0 aliphatic rings. The molecule has 3 aromatic heterocycles. The molecule has 1 amide bonds. The van der Waals surface area contributed by atoms with Gasteiger partial charge in [-0.1, -0.05) is 11.6 Å². The molecular formula is C16H14ClF3N4O2. The molecule has 0 spiro atoms. The van der Waals surface area contributed by atoms with Crippen LogP contribution < -0.4 is 5.32 Å². The van der Waals surface area contributed by atoms with Crippen LogP contribution in [0.25, 0.3) is 17.1 Å². The Kier molecular flexibility index (Phi) is 4.22. The Labute approximate surface area is 151 Å². The highest BCUT2D eigenvalue weighted by Gasteiger charge is 2.37. The fraction of sp³-hybridized carbons (Fsp3) is 0.312. The summed E-state index contributed by atoms with van der Waals surface area (Å²) in [6.45, 7) is 5.18. The molecule has 0 fully saturated rings. The van der Waals surface area contributed by atoms with E-state index in [2.05, 4.69) is 15.4 Å². The normalized spacial score (nSPS) is 12.6. The first-order valence-corrected chi connectivity index (χ1v) is 7.88. The van der Waals surface area contributed by atoms with Crippen LogP contribution in [0.3, 0.4) is 0 Å². The van der Waals surface area contributed by atoms with Gasteiger partial charge in [0.25, 0.3) is 5.91 Å². The first-order valence-electron chi connectivity index (χ1n) is 7.50. The lowest BCUT2D eigenvalue weighted by molar-refractivity contribution is -0.142. The van der Waals surface area contributed by atoms with E-state index in [0.717, 1.165) is 6.07 Å². The number of halogens is 4. The fourth-order valence-corrected chi connectivity index (χ4v) is 2.53. The second-order valence-corrected chi connectivity index (χ2v) is 6.98. The predicted molar refractivity (Wildman–Crippen MR) is 87.9 cm³/mol. The topological polar surface area (TPSA) is 72.4 Å². The zero-order valence-corrected chi connectivity index (χ0v) is 14.7. The van der Waals surface area contributed by atoms with Crippen molar-refractivity contribution in [2.24, 2.45) is 0 Å². The van der Waals surface area contributed by atoms with Gasteiger partial charge in [0.05, 0.1) is 6.26 Å². The molecule has 0 aliphatic heterocycles. The van der Waals surface area contributed by atoms with Crippen LogP contribution in [-0.4, -0.2) is 26.0 Å². The van der Waals surface area contributed by atoms with Crippen molar-refractivity contribution in [3.63, 3.8) is 0 Å². The van der Waals surface area contributed by atoms with Gasteiger partial charge in [-0.05, 0) is 39.0 Å². The van der Waals surface area contributed by atoms with Gasteiger partial charge in [0, 0.05) is 5.54 Å². The third-order valence-electron chi connectivity index (χ3n) is 3.30. The number of nitrogens with zero attached hydrogens (tertiary/aromatic N) is 3. The molecule has 1 N–H and O–H groups in total. The number of carbonyl (C=O) groups is 1. The molecule has 0 unspecified atom stereocenters. The summed E-state index contributed by atoms with van der Waals surface area (Å²) in [6, 6.07) is 3.78. The van der Waals surface area contributed by atoms with Crippen LogP contribution in [0.1, 0.15) is 37.0 Å². The summed E-state index contributed by atoms with van der Waals surface area (Å²) in [5, 5.41) is 6.08.